The molecule has 1 aliphatic heterocycles. The Hall–Kier alpha value is -3.85. The third-order valence-electron chi connectivity index (χ3n) is 6.33. The third kappa shape index (κ3) is 5.83. The summed E-state index contributed by atoms with van der Waals surface area (Å²) in [5.41, 5.74) is -1.09. The van der Waals surface area contributed by atoms with Crippen LogP contribution in [0.5, 0.6) is 0 Å². The van der Waals surface area contributed by atoms with Crippen molar-refractivity contribution in [3.8, 4) is 0 Å². The molecule has 1 saturated heterocycles. The first-order chi connectivity index (χ1) is 17.6. The van der Waals surface area contributed by atoms with Gasteiger partial charge in [-0.25, -0.2) is 27.7 Å². The van der Waals surface area contributed by atoms with E-state index in [2.05, 4.69) is 35.7 Å². The number of aromatic nitrogens is 5. The Balaban J connectivity index is 1.59. The number of aryl methyl sites for hydroxylation is 1. The number of rotatable bonds is 8. The Morgan fingerprint density at radius 1 is 1.29 bits per heavy atom. The number of halogens is 5. The van der Waals surface area contributed by atoms with Gasteiger partial charge in [-0.3, -0.25) is 4.79 Å². The second kappa shape index (κ2) is 9.79. The molecule has 11 nitrogen and oxygen atoms in total. The number of imidazole rings is 1. The van der Waals surface area contributed by atoms with E-state index in [4.69, 9.17) is 0 Å². The number of urea groups is 1. The quantitative estimate of drug-likeness (QED) is 0.416. The first-order valence-electron chi connectivity index (χ1n) is 11.6. The van der Waals surface area contributed by atoms with Crippen molar-refractivity contribution in [2.24, 2.45) is 5.41 Å². The molecule has 3 aromatic rings. The van der Waals surface area contributed by atoms with Gasteiger partial charge in [-0.05, 0) is 36.6 Å². The summed E-state index contributed by atoms with van der Waals surface area (Å²) in [4.78, 5) is 30.1. The molecule has 0 aliphatic carbocycles. The topological polar surface area (TPSA) is 131 Å². The highest BCUT2D eigenvalue weighted by atomic mass is 19.4. The smallest absolute Gasteiger partial charge is 0.342 e. The molecule has 1 atom stereocenters. The molecule has 0 saturated carbocycles. The van der Waals surface area contributed by atoms with Gasteiger partial charge in [0.05, 0.1) is 42.6 Å². The predicted octanol–water partition coefficient (Wildman–Crippen LogP) is 3.42. The van der Waals surface area contributed by atoms with Crippen LogP contribution in [0.2, 0.25) is 0 Å². The lowest BCUT2D eigenvalue weighted by Crippen LogP contribution is -2.56. The predicted molar refractivity (Wildman–Crippen MR) is 120 cm³/mol. The fourth-order valence-electron chi connectivity index (χ4n) is 3.87. The first-order valence-corrected chi connectivity index (χ1v) is 11.6. The van der Waals surface area contributed by atoms with Crippen molar-refractivity contribution in [2.45, 2.75) is 58.3 Å². The SMILES string of the molecule is Cc1nonc1C(=O)N[C@@H](CCC(C)(C)C(F)(F)F)c1cn2ncc(CN3CC(F)(F)CNC3=O)cc2n1. The van der Waals surface area contributed by atoms with Crippen LogP contribution in [0.1, 0.15) is 60.2 Å². The fraction of sp³-hybridized carbons (Fsp3) is 0.545. The van der Waals surface area contributed by atoms with E-state index in [-0.39, 0.29) is 42.1 Å². The molecule has 38 heavy (non-hydrogen) atoms. The molecule has 1 fully saturated rings. The van der Waals surface area contributed by atoms with Gasteiger partial charge in [-0.1, -0.05) is 19.0 Å². The molecule has 4 rings (SSSR count). The number of nitrogens with one attached hydrogen (secondary N) is 2. The molecule has 16 heteroatoms. The number of fused-ring (bicyclic) bond motifs is 1. The maximum atomic E-state index is 13.7. The zero-order valence-electron chi connectivity index (χ0n) is 20.6. The van der Waals surface area contributed by atoms with E-state index in [1.54, 1.807) is 0 Å². The third-order valence-corrected chi connectivity index (χ3v) is 6.33. The Bertz CT molecular complexity index is 1340. The van der Waals surface area contributed by atoms with Crippen molar-refractivity contribution < 1.29 is 36.2 Å². The molecular formula is C22H25F5N8O3. The van der Waals surface area contributed by atoms with Crippen LogP contribution in [0, 0.1) is 12.3 Å². The normalized spacial score (nSPS) is 16.9. The molecule has 2 N–H and O–H groups in total. The van der Waals surface area contributed by atoms with Gasteiger partial charge in [0.25, 0.3) is 11.8 Å². The number of amides is 3. The number of carbonyl (C=O) groups excluding carboxylic acids is 2. The minimum absolute atomic E-state index is 0.120. The molecule has 0 unspecified atom stereocenters. The van der Waals surface area contributed by atoms with Crippen LogP contribution in [-0.2, 0) is 6.54 Å². The summed E-state index contributed by atoms with van der Waals surface area (Å²) in [5, 5.41) is 16.0. The molecule has 206 valence electrons. The first kappa shape index (κ1) is 27.2. The lowest BCUT2D eigenvalue weighted by Gasteiger charge is -2.32. The minimum atomic E-state index is -4.47. The molecule has 0 bridgehead atoms. The summed E-state index contributed by atoms with van der Waals surface area (Å²) in [6, 6.07) is -0.0923. The minimum Gasteiger partial charge on any atom is -0.342 e. The van der Waals surface area contributed by atoms with Gasteiger partial charge in [0.1, 0.15) is 5.69 Å². The van der Waals surface area contributed by atoms with Crippen molar-refractivity contribution in [2.75, 3.05) is 13.1 Å². The van der Waals surface area contributed by atoms with Gasteiger partial charge in [-0.2, -0.15) is 18.3 Å². The van der Waals surface area contributed by atoms with Crippen molar-refractivity contribution in [3.05, 3.63) is 41.1 Å². The summed E-state index contributed by atoms with van der Waals surface area (Å²) in [6.07, 6.45) is -2.12. The van der Waals surface area contributed by atoms with Crippen LogP contribution in [0.4, 0.5) is 26.7 Å². The molecule has 4 heterocycles. The molecule has 3 aromatic heterocycles. The molecule has 0 aromatic carbocycles. The van der Waals surface area contributed by atoms with Gasteiger partial charge >= 0.3 is 12.2 Å². The number of alkyl halides is 5. The average Bonchev–Trinajstić information content (AvgIpc) is 3.43. The lowest BCUT2D eigenvalue weighted by atomic mass is 9.85. The van der Waals surface area contributed by atoms with Crippen molar-refractivity contribution in [1.29, 1.82) is 0 Å². The van der Waals surface area contributed by atoms with Gasteiger partial charge in [0, 0.05) is 6.54 Å². The Morgan fingerprint density at radius 3 is 2.68 bits per heavy atom. The van der Waals surface area contributed by atoms with E-state index in [1.165, 1.54) is 29.9 Å². The Morgan fingerprint density at radius 2 is 2.03 bits per heavy atom. The van der Waals surface area contributed by atoms with Crippen LogP contribution in [-0.4, -0.2) is 66.9 Å². The second-order valence-electron chi connectivity index (χ2n) is 9.85. The van der Waals surface area contributed by atoms with Gasteiger partial charge in [0.2, 0.25) is 0 Å². The van der Waals surface area contributed by atoms with Crippen LogP contribution in [0.25, 0.3) is 5.65 Å². The second-order valence-corrected chi connectivity index (χ2v) is 9.85. The van der Waals surface area contributed by atoms with Crippen molar-refractivity contribution in [1.82, 2.24) is 40.4 Å². The maximum Gasteiger partial charge on any atom is 0.393 e. The number of nitrogens with zero attached hydrogens (tertiary/aromatic N) is 6. The summed E-state index contributed by atoms with van der Waals surface area (Å²) in [6.45, 7) is 1.95. The van der Waals surface area contributed by atoms with Gasteiger partial charge < -0.3 is 15.5 Å². The van der Waals surface area contributed by atoms with E-state index in [0.29, 0.717) is 5.56 Å². The summed E-state index contributed by atoms with van der Waals surface area (Å²) in [7, 11) is 0. The average molecular weight is 544 g/mol. The van der Waals surface area contributed by atoms with Crippen LogP contribution in [0.15, 0.2) is 23.1 Å². The highest BCUT2D eigenvalue weighted by Gasteiger charge is 2.47. The number of carbonyl (C=O) groups is 2. The Labute approximate surface area is 212 Å². The largest absolute Gasteiger partial charge is 0.393 e. The highest BCUT2D eigenvalue weighted by molar-refractivity contribution is 5.93. The zero-order chi connectivity index (χ0) is 27.9. The van der Waals surface area contributed by atoms with Crippen LogP contribution < -0.4 is 10.6 Å². The van der Waals surface area contributed by atoms with E-state index in [1.807, 2.05) is 0 Å². The van der Waals surface area contributed by atoms with Crippen molar-refractivity contribution in [3.63, 3.8) is 0 Å². The van der Waals surface area contributed by atoms with Gasteiger partial charge in [0.15, 0.2) is 11.3 Å². The van der Waals surface area contributed by atoms with E-state index < -0.39 is 48.6 Å². The number of hydrogen-bond acceptors (Lipinski definition) is 7. The fourth-order valence-corrected chi connectivity index (χ4v) is 3.87. The molecule has 1 aliphatic rings. The highest BCUT2D eigenvalue weighted by Crippen LogP contribution is 2.42. The van der Waals surface area contributed by atoms with Gasteiger partial charge in [-0.15, -0.1) is 0 Å². The zero-order valence-corrected chi connectivity index (χ0v) is 20.6. The van der Waals surface area contributed by atoms with E-state index in [0.717, 1.165) is 18.7 Å². The molecule has 0 radical (unpaired) electrons. The van der Waals surface area contributed by atoms with E-state index >= 15 is 0 Å². The monoisotopic (exact) mass is 544 g/mol. The summed E-state index contributed by atoms with van der Waals surface area (Å²) in [5.74, 6) is -3.79. The van der Waals surface area contributed by atoms with Crippen LogP contribution in [0.3, 0.4) is 0 Å². The summed E-state index contributed by atoms with van der Waals surface area (Å²) < 4.78 is 73.8. The molecule has 0 spiro atoms. The van der Waals surface area contributed by atoms with Crippen molar-refractivity contribution >= 4 is 17.6 Å². The molecular weight excluding hydrogens is 519 g/mol. The molecule has 3 amide bonds. The lowest BCUT2D eigenvalue weighted by molar-refractivity contribution is -0.214. The maximum absolute atomic E-state index is 13.7. The summed E-state index contributed by atoms with van der Waals surface area (Å²) >= 11 is 0. The van der Waals surface area contributed by atoms with E-state index in [9.17, 15) is 31.5 Å². The standard InChI is InChI=1S/C22H25F5N8O3/c1-12-17(33-38-32-12)18(36)31-14(4-5-20(2,3)22(25,26)27)15-9-35-16(30-15)6-13(7-29-35)8-34-11-21(23,24)10-28-19(34)37/h6-7,9,14H,4-5,8,10-11H2,1-3H3,(H,28,37)(H,31,36)/t14-/m0/s1. The number of hydrogen-bond donors (Lipinski definition) is 2. The Kier molecular flexibility index (Phi) is 7.01. The van der Waals surface area contributed by atoms with Crippen LogP contribution >= 0.6 is 0 Å².